The van der Waals surface area contributed by atoms with Crippen molar-refractivity contribution >= 4 is 28.9 Å². The van der Waals surface area contributed by atoms with Crippen LogP contribution in [0.15, 0.2) is 109 Å². The van der Waals surface area contributed by atoms with Gasteiger partial charge in [0.05, 0.1) is 12.2 Å². The number of hydrogen-bond donors (Lipinski definition) is 2. The van der Waals surface area contributed by atoms with Crippen LogP contribution in [0.5, 0.6) is 17.2 Å². The lowest BCUT2D eigenvalue weighted by Crippen LogP contribution is -2.34. The summed E-state index contributed by atoms with van der Waals surface area (Å²) in [5.41, 5.74) is 2.39. The van der Waals surface area contributed by atoms with Gasteiger partial charge in [0.25, 0.3) is 5.91 Å². The quantitative estimate of drug-likeness (QED) is 0.167. The zero-order valence-corrected chi connectivity index (χ0v) is 21.8. The summed E-state index contributed by atoms with van der Waals surface area (Å²) in [6.45, 7) is 1.25. The number of anilines is 1. The maximum atomic E-state index is 12.9. The summed E-state index contributed by atoms with van der Waals surface area (Å²) in [6.07, 6.45) is 1.87. The lowest BCUT2D eigenvalue weighted by atomic mass is 10.1. The van der Waals surface area contributed by atoms with E-state index in [9.17, 15) is 4.79 Å². The number of benzene rings is 4. The average Bonchev–Trinajstić information content (AvgIpc) is 2.95. The normalized spacial score (nSPS) is 10.3. The molecule has 38 heavy (non-hydrogen) atoms. The Labute approximate surface area is 228 Å². The molecule has 0 heterocycles. The van der Waals surface area contributed by atoms with E-state index < -0.39 is 0 Å². The van der Waals surface area contributed by atoms with E-state index in [0.29, 0.717) is 31.1 Å². The van der Waals surface area contributed by atoms with Crippen LogP contribution in [0.4, 0.5) is 5.69 Å². The first kappa shape index (κ1) is 26.7. The third-order valence-electron chi connectivity index (χ3n) is 5.52. The summed E-state index contributed by atoms with van der Waals surface area (Å²) in [5, 5.41) is 5.95. The number of ether oxygens (including phenoxy) is 3. The van der Waals surface area contributed by atoms with E-state index in [0.717, 1.165) is 30.0 Å². The molecular weight excluding hydrogens is 496 g/mol. The first-order chi connectivity index (χ1) is 18.7. The third kappa shape index (κ3) is 8.64. The molecule has 0 atom stereocenters. The van der Waals surface area contributed by atoms with Crippen LogP contribution >= 0.6 is 12.2 Å². The van der Waals surface area contributed by atoms with Crippen molar-refractivity contribution in [3.63, 3.8) is 0 Å². The van der Waals surface area contributed by atoms with Crippen LogP contribution in [0, 0.1) is 0 Å². The number of thiocarbonyl (C=S) groups is 1. The minimum Gasteiger partial charge on any atom is -0.494 e. The van der Waals surface area contributed by atoms with E-state index in [4.69, 9.17) is 26.4 Å². The fourth-order valence-corrected chi connectivity index (χ4v) is 3.93. The maximum Gasteiger partial charge on any atom is 0.261 e. The van der Waals surface area contributed by atoms with Crippen LogP contribution in [0.2, 0.25) is 0 Å². The van der Waals surface area contributed by atoms with E-state index in [1.165, 1.54) is 5.56 Å². The number of hydrogen-bond acceptors (Lipinski definition) is 5. The van der Waals surface area contributed by atoms with Gasteiger partial charge < -0.3 is 19.5 Å². The molecule has 2 N–H and O–H groups in total. The summed E-state index contributed by atoms with van der Waals surface area (Å²) in [5.74, 6) is 1.58. The Kier molecular flexibility index (Phi) is 10.1. The Bertz CT molecular complexity index is 1320. The van der Waals surface area contributed by atoms with Crippen LogP contribution in [-0.2, 0) is 6.42 Å². The van der Waals surface area contributed by atoms with E-state index >= 15 is 0 Å². The summed E-state index contributed by atoms with van der Waals surface area (Å²) in [4.78, 5) is 12.9. The third-order valence-corrected chi connectivity index (χ3v) is 5.73. The molecule has 6 nitrogen and oxygen atoms in total. The van der Waals surface area contributed by atoms with Crippen molar-refractivity contribution in [3.05, 3.63) is 120 Å². The molecule has 0 aliphatic rings. The Morgan fingerprint density at radius 2 is 1.34 bits per heavy atom. The predicted molar refractivity (Wildman–Crippen MR) is 154 cm³/mol. The van der Waals surface area contributed by atoms with Gasteiger partial charge in [-0.05, 0) is 67.0 Å². The molecular formula is C31H30N2O4S. The Morgan fingerprint density at radius 1 is 0.684 bits per heavy atom. The lowest BCUT2D eigenvalue weighted by Gasteiger charge is -2.14. The van der Waals surface area contributed by atoms with Gasteiger partial charge in [-0.1, -0.05) is 66.7 Å². The first-order valence-corrected chi connectivity index (χ1v) is 12.9. The van der Waals surface area contributed by atoms with E-state index in [1.54, 1.807) is 18.2 Å². The highest BCUT2D eigenvalue weighted by atomic mass is 32.1. The van der Waals surface area contributed by atoms with E-state index in [2.05, 4.69) is 22.8 Å². The molecule has 0 saturated carbocycles. The van der Waals surface area contributed by atoms with E-state index in [-0.39, 0.29) is 11.0 Å². The summed E-state index contributed by atoms with van der Waals surface area (Å²) in [6, 6.07) is 34.3. The molecule has 0 unspecified atom stereocenters. The van der Waals surface area contributed by atoms with Gasteiger partial charge in [0, 0.05) is 11.8 Å². The number of carbonyl (C=O) groups is 1. The van der Waals surface area contributed by atoms with Gasteiger partial charge in [0.15, 0.2) is 5.11 Å². The average molecular weight is 527 g/mol. The topological polar surface area (TPSA) is 68.8 Å². The predicted octanol–water partition coefficient (Wildman–Crippen LogP) is 6.28. The molecule has 4 aromatic carbocycles. The van der Waals surface area contributed by atoms with Crippen molar-refractivity contribution < 1.29 is 19.0 Å². The van der Waals surface area contributed by atoms with Crippen molar-refractivity contribution in [2.75, 3.05) is 25.1 Å². The van der Waals surface area contributed by atoms with E-state index in [1.807, 2.05) is 78.9 Å². The summed E-state index contributed by atoms with van der Waals surface area (Å²) >= 11 is 5.37. The summed E-state index contributed by atoms with van der Waals surface area (Å²) < 4.78 is 17.4. The van der Waals surface area contributed by atoms with Gasteiger partial charge in [-0.2, -0.15) is 0 Å². The number of amides is 1. The van der Waals surface area contributed by atoms with Crippen LogP contribution in [0.3, 0.4) is 0 Å². The summed E-state index contributed by atoms with van der Waals surface area (Å²) in [7, 11) is 0. The van der Waals surface area contributed by atoms with Gasteiger partial charge in [-0.3, -0.25) is 10.1 Å². The molecule has 0 spiro atoms. The minimum atomic E-state index is -0.365. The molecule has 0 aliphatic heterocycles. The molecule has 0 fully saturated rings. The minimum absolute atomic E-state index is 0.179. The molecule has 0 aromatic heterocycles. The van der Waals surface area contributed by atoms with Crippen LogP contribution in [-0.4, -0.2) is 30.8 Å². The van der Waals surface area contributed by atoms with Gasteiger partial charge in [-0.25, -0.2) is 0 Å². The number of para-hydroxylation sites is 2. The van der Waals surface area contributed by atoms with Crippen LogP contribution in [0.1, 0.15) is 22.3 Å². The zero-order chi connectivity index (χ0) is 26.4. The fourth-order valence-electron chi connectivity index (χ4n) is 3.72. The first-order valence-electron chi connectivity index (χ1n) is 12.5. The van der Waals surface area contributed by atoms with Crippen molar-refractivity contribution in [2.45, 2.75) is 12.8 Å². The van der Waals surface area contributed by atoms with Crippen LogP contribution in [0.25, 0.3) is 0 Å². The van der Waals surface area contributed by atoms with Gasteiger partial charge in [-0.15, -0.1) is 0 Å². The highest BCUT2D eigenvalue weighted by Gasteiger charge is 2.14. The molecule has 1 amide bonds. The van der Waals surface area contributed by atoms with Crippen LogP contribution < -0.4 is 24.8 Å². The van der Waals surface area contributed by atoms with Gasteiger partial charge in [0.1, 0.15) is 30.5 Å². The molecule has 194 valence electrons. The zero-order valence-electron chi connectivity index (χ0n) is 21.0. The highest BCUT2D eigenvalue weighted by Crippen LogP contribution is 2.20. The van der Waals surface area contributed by atoms with Crippen molar-refractivity contribution in [2.24, 2.45) is 0 Å². The number of aryl methyl sites for hydroxylation is 1. The smallest absolute Gasteiger partial charge is 0.261 e. The number of carbonyl (C=O) groups excluding carboxylic acids is 1. The Hall–Kier alpha value is -4.36. The fraction of sp³-hybridized carbons (Fsp3) is 0.161. The second-order valence-corrected chi connectivity index (χ2v) is 8.79. The molecule has 0 aliphatic carbocycles. The van der Waals surface area contributed by atoms with Crippen molar-refractivity contribution in [1.82, 2.24) is 5.32 Å². The molecule has 0 saturated heterocycles. The second-order valence-electron chi connectivity index (χ2n) is 8.38. The molecule has 0 radical (unpaired) electrons. The Balaban J connectivity index is 1.23. The Morgan fingerprint density at radius 3 is 2.16 bits per heavy atom. The number of nitrogens with one attached hydrogen (secondary N) is 2. The van der Waals surface area contributed by atoms with Gasteiger partial charge >= 0.3 is 0 Å². The largest absolute Gasteiger partial charge is 0.494 e. The van der Waals surface area contributed by atoms with Gasteiger partial charge in [0.2, 0.25) is 0 Å². The monoisotopic (exact) mass is 526 g/mol. The second kappa shape index (κ2) is 14.4. The van der Waals surface area contributed by atoms with Crippen molar-refractivity contribution in [1.29, 1.82) is 0 Å². The lowest BCUT2D eigenvalue weighted by molar-refractivity contribution is 0.0972. The standard InChI is InChI=1S/C31H30N2O4S/c34-30(28-18-7-8-19-29(28)37-22-21-36-26-15-5-2-6-16-26)33-31(38)32-25-14-9-17-27(23-25)35-20-10-13-24-11-3-1-4-12-24/h1-9,11-12,14-19,23H,10,13,20-22H2,(H2,32,33,34,38). The SMILES string of the molecule is O=C(NC(=S)Nc1cccc(OCCCc2ccccc2)c1)c1ccccc1OCCOc1ccccc1. The molecule has 4 aromatic rings. The molecule has 4 rings (SSSR count). The maximum absolute atomic E-state index is 12.9. The molecule has 0 bridgehead atoms. The molecule has 7 heteroatoms. The van der Waals surface area contributed by atoms with Crippen molar-refractivity contribution in [3.8, 4) is 17.2 Å². The highest BCUT2D eigenvalue weighted by molar-refractivity contribution is 7.80. The number of rotatable bonds is 12.